The summed E-state index contributed by atoms with van der Waals surface area (Å²) in [6.07, 6.45) is 4.26. The lowest BCUT2D eigenvalue weighted by Crippen LogP contribution is -2.38. The Morgan fingerprint density at radius 1 is 1.37 bits per heavy atom. The van der Waals surface area contributed by atoms with Crippen LogP contribution in [0.15, 0.2) is 18.2 Å². The normalized spacial score (nSPS) is 20.3. The van der Waals surface area contributed by atoms with Gasteiger partial charge in [0.25, 0.3) is 0 Å². The molecule has 2 atom stereocenters. The summed E-state index contributed by atoms with van der Waals surface area (Å²) in [5.41, 5.74) is 2.52. The van der Waals surface area contributed by atoms with E-state index in [1.54, 1.807) is 6.07 Å². The maximum absolute atomic E-state index is 9.56. The van der Waals surface area contributed by atoms with Crippen LogP contribution in [0.25, 0.3) is 0 Å². The molecule has 0 aliphatic heterocycles. The van der Waals surface area contributed by atoms with Crippen molar-refractivity contribution in [2.75, 3.05) is 6.61 Å². The summed E-state index contributed by atoms with van der Waals surface area (Å²) in [5, 5.41) is 22.6. The average Bonchev–Trinajstić information content (AvgIpc) is 2.37. The highest BCUT2D eigenvalue weighted by molar-refractivity contribution is 5.38. The van der Waals surface area contributed by atoms with E-state index in [9.17, 15) is 10.2 Å². The molecule has 2 unspecified atom stereocenters. The number of aryl methyl sites for hydroxylation is 1. The van der Waals surface area contributed by atoms with Gasteiger partial charge in [0.05, 0.1) is 6.61 Å². The molecule has 0 fully saturated rings. The summed E-state index contributed by atoms with van der Waals surface area (Å²) in [6, 6.07) is 6.12. The van der Waals surface area contributed by atoms with E-state index in [2.05, 4.69) is 19.2 Å². The van der Waals surface area contributed by atoms with Crippen molar-refractivity contribution in [3.05, 3.63) is 29.3 Å². The summed E-state index contributed by atoms with van der Waals surface area (Å²) in [5.74, 6) is 0.924. The smallest absolute Gasteiger partial charge is 0.115 e. The van der Waals surface area contributed by atoms with Crippen LogP contribution in [-0.4, -0.2) is 22.9 Å². The second-order valence-electron chi connectivity index (χ2n) is 6.00. The predicted octanol–water partition coefficient (Wildman–Crippen LogP) is 2.77. The molecular weight excluding hydrogens is 238 g/mol. The van der Waals surface area contributed by atoms with Gasteiger partial charge in [-0.1, -0.05) is 19.9 Å². The monoisotopic (exact) mass is 263 g/mol. The second kappa shape index (κ2) is 6.40. The van der Waals surface area contributed by atoms with Crippen molar-refractivity contribution in [2.24, 2.45) is 5.92 Å². The Bertz CT molecular complexity index is 417. The van der Waals surface area contributed by atoms with Gasteiger partial charge in [-0.25, -0.2) is 0 Å². The zero-order chi connectivity index (χ0) is 13.8. The van der Waals surface area contributed by atoms with Gasteiger partial charge in [0.1, 0.15) is 5.75 Å². The molecule has 0 aromatic heterocycles. The van der Waals surface area contributed by atoms with Gasteiger partial charge < -0.3 is 15.5 Å². The SMILES string of the molecule is CC(C)CC(CO)NC1CCCc2cc(O)ccc21. The minimum Gasteiger partial charge on any atom is -0.508 e. The Hall–Kier alpha value is -1.06. The summed E-state index contributed by atoms with van der Waals surface area (Å²) < 4.78 is 0. The molecule has 1 aliphatic rings. The lowest BCUT2D eigenvalue weighted by molar-refractivity contribution is 0.208. The lowest BCUT2D eigenvalue weighted by atomic mass is 9.86. The summed E-state index contributed by atoms with van der Waals surface area (Å²) in [6.45, 7) is 4.54. The molecular formula is C16H25NO2. The van der Waals surface area contributed by atoms with E-state index >= 15 is 0 Å². The zero-order valence-electron chi connectivity index (χ0n) is 11.9. The van der Waals surface area contributed by atoms with Crippen LogP contribution in [0.2, 0.25) is 0 Å². The number of fused-ring (bicyclic) bond motifs is 1. The molecule has 0 bridgehead atoms. The number of aliphatic hydroxyl groups is 1. The Morgan fingerprint density at radius 3 is 2.84 bits per heavy atom. The molecule has 0 heterocycles. The molecule has 0 radical (unpaired) electrons. The molecule has 3 heteroatoms. The van der Waals surface area contributed by atoms with Crippen molar-refractivity contribution in [3.8, 4) is 5.75 Å². The first kappa shape index (κ1) is 14.4. The van der Waals surface area contributed by atoms with Gasteiger partial charge in [0.15, 0.2) is 0 Å². The Labute approximate surface area is 115 Å². The van der Waals surface area contributed by atoms with E-state index in [0.29, 0.717) is 17.7 Å². The Morgan fingerprint density at radius 2 is 2.16 bits per heavy atom. The van der Waals surface area contributed by atoms with Crippen LogP contribution >= 0.6 is 0 Å². The highest BCUT2D eigenvalue weighted by Crippen LogP contribution is 2.32. The molecule has 0 saturated heterocycles. The first-order valence-corrected chi connectivity index (χ1v) is 7.29. The number of hydrogen-bond acceptors (Lipinski definition) is 3. The highest BCUT2D eigenvalue weighted by atomic mass is 16.3. The van der Waals surface area contributed by atoms with E-state index in [1.807, 2.05) is 12.1 Å². The molecule has 0 saturated carbocycles. The number of aromatic hydroxyl groups is 1. The number of aliphatic hydroxyl groups excluding tert-OH is 1. The van der Waals surface area contributed by atoms with Gasteiger partial charge in [-0.15, -0.1) is 0 Å². The largest absolute Gasteiger partial charge is 0.508 e. The van der Waals surface area contributed by atoms with Crippen LogP contribution in [0.1, 0.15) is 50.3 Å². The van der Waals surface area contributed by atoms with E-state index in [-0.39, 0.29) is 12.6 Å². The maximum atomic E-state index is 9.56. The quantitative estimate of drug-likeness (QED) is 0.765. The summed E-state index contributed by atoms with van der Waals surface area (Å²) in [4.78, 5) is 0. The van der Waals surface area contributed by atoms with Crippen LogP contribution < -0.4 is 5.32 Å². The fraction of sp³-hybridized carbons (Fsp3) is 0.625. The van der Waals surface area contributed by atoms with Gasteiger partial charge in [0.2, 0.25) is 0 Å². The number of rotatable bonds is 5. The molecule has 0 spiro atoms. The maximum Gasteiger partial charge on any atom is 0.115 e. The Kier molecular flexibility index (Phi) is 4.83. The Balaban J connectivity index is 2.10. The van der Waals surface area contributed by atoms with Crippen LogP contribution in [0.3, 0.4) is 0 Å². The van der Waals surface area contributed by atoms with Crippen molar-refractivity contribution < 1.29 is 10.2 Å². The zero-order valence-corrected chi connectivity index (χ0v) is 11.9. The first-order chi connectivity index (χ1) is 9.10. The molecule has 1 aromatic carbocycles. The van der Waals surface area contributed by atoms with Gasteiger partial charge in [-0.05, 0) is 54.9 Å². The molecule has 106 valence electrons. The van der Waals surface area contributed by atoms with Crippen molar-refractivity contribution in [1.82, 2.24) is 5.32 Å². The number of benzene rings is 1. The molecule has 1 aromatic rings. The number of nitrogens with one attached hydrogen (secondary N) is 1. The summed E-state index contributed by atoms with van der Waals surface area (Å²) in [7, 11) is 0. The standard InChI is InChI=1S/C16H25NO2/c1-11(2)8-13(10-18)17-16-5-3-4-12-9-14(19)6-7-15(12)16/h6-7,9,11,13,16-19H,3-5,8,10H2,1-2H3. The first-order valence-electron chi connectivity index (χ1n) is 7.29. The minimum absolute atomic E-state index is 0.157. The number of phenols is 1. The van der Waals surface area contributed by atoms with Crippen molar-refractivity contribution in [1.29, 1.82) is 0 Å². The third-order valence-corrected chi connectivity index (χ3v) is 3.85. The average molecular weight is 263 g/mol. The van der Waals surface area contributed by atoms with E-state index in [0.717, 1.165) is 25.7 Å². The van der Waals surface area contributed by atoms with Crippen LogP contribution in [0.4, 0.5) is 0 Å². The molecule has 1 aliphatic carbocycles. The van der Waals surface area contributed by atoms with Crippen molar-refractivity contribution >= 4 is 0 Å². The number of hydrogen-bond donors (Lipinski definition) is 3. The van der Waals surface area contributed by atoms with Gasteiger partial charge in [0, 0.05) is 12.1 Å². The second-order valence-corrected chi connectivity index (χ2v) is 6.00. The van der Waals surface area contributed by atoms with Crippen LogP contribution in [0, 0.1) is 5.92 Å². The molecule has 0 amide bonds. The molecule has 19 heavy (non-hydrogen) atoms. The number of phenolic OH excluding ortho intramolecular Hbond substituents is 1. The van der Waals surface area contributed by atoms with Crippen molar-refractivity contribution in [3.63, 3.8) is 0 Å². The molecule has 3 N–H and O–H groups in total. The fourth-order valence-corrected chi connectivity index (χ4v) is 3.02. The van der Waals surface area contributed by atoms with E-state index in [4.69, 9.17) is 0 Å². The fourth-order valence-electron chi connectivity index (χ4n) is 3.02. The predicted molar refractivity (Wildman–Crippen MR) is 77.3 cm³/mol. The van der Waals surface area contributed by atoms with Crippen molar-refractivity contribution in [2.45, 2.75) is 51.6 Å². The van der Waals surface area contributed by atoms with Gasteiger partial charge in [-0.2, -0.15) is 0 Å². The molecule has 3 nitrogen and oxygen atoms in total. The van der Waals surface area contributed by atoms with Gasteiger partial charge in [-0.3, -0.25) is 0 Å². The van der Waals surface area contributed by atoms with E-state index < -0.39 is 0 Å². The van der Waals surface area contributed by atoms with Crippen LogP contribution in [0.5, 0.6) is 5.75 Å². The van der Waals surface area contributed by atoms with Gasteiger partial charge >= 0.3 is 0 Å². The minimum atomic E-state index is 0.157. The molecule has 2 rings (SSSR count). The highest BCUT2D eigenvalue weighted by Gasteiger charge is 2.23. The van der Waals surface area contributed by atoms with Crippen LogP contribution in [-0.2, 0) is 6.42 Å². The summed E-state index contributed by atoms with van der Waals surface area (Å²) >= 11 is 0. The topological polar surface area (TPSA) is 52.5 Å². The van der Waals surface area contributed by atoms with E-state index in [1.165, 1.54) is 11.1 Å². The third-order valence-electron chi connectivity index (χ3n) is 3.85. The third kappa shape index (κ3) is 3.71. The lowest BCUT2D eigenvalue weighted by Gasteiger charge is -2.30.